The van der Waals surface area contributed by atoms with Crippen LogP contribution in [0.15, 0.2) is 23.6 Å². The molecule has 0 atom stereocenters. The van der Waals surface area contributed by atoms with Gasteiger partial charge in [0.2, 0.25) is 5.91 Å². The average Bonchev–Trinajstić information content (AvgIpc) is 2.96. The van der Waals surface area contributed by atoms with E-state index in [0.717, 1.165) is 5.01 Å². The number of amides is 2. The highest BCUT2D eigenvalue weighted by Gasteiger charge is 2.12. The Kier molecular flexibility index (Phi) is 7.63. The molecule has 0 aliphatic heterocycles. The Bertz CT molecular complexity index is 720. The van der Waals surface area contributed by atoms with E-state index in [2.05, 4.69) is 15.6 Å². The largest absolute Gasteiger partial charge is 0.495 e. The summed E-state index contributed by atoms with van der Waals surface area (Å²) in [6.07, 6.45) is 0.646. The van der Waals surface area contributed by atoms with Crippen molar-refractivity contribution in [2.75, 3.05) is 24.3 Å². The third-order valence-electron chi connectivity index (χ3n) is 2.91. The molecule has 0 radical (unpaired) electrons. The molecule has 2 amide bonds. The van der Waals surface area contributed by atoms with Crippen LogP contribution in [-0.2, 0) is 11.2 Å². The number of rotatable bonds is 6. The summed E-state index contributed by atoms with van der Waals surface area (Å²) in [5, 5.41) is 7.92. The first-order chi connectivity index (χ1) is 11.0. The maximum absolute atomic E-state index is 12.2. The van der Waals surface area contributed by atoms with Crippen LogP contribution in [-0.4, -0.2) is 30.5 Å². The van der Waals surface area contributed by atoms with Crippen LogP contribution < -0.4 is 21.1 Å². The van der Waals surface area contributed by atoms with Crippen LogP contribution in [0.5, 0.6) is 5.75 Å². The number of nitrogens with two attached hydrogens (primary N) is 1. The highest BCUT2D eigenvalue weighted by molar-refractivity contribution is 7.09. The summed E-state index contributed by atoms with van der Waals surface area (Å²) in [6.45, 7) is 1.89. The number of thiazole rings is 1. The smallest absolute Gasteiger partial charge is 0.275 e. The van der Waals surface area contributed by atoms with Crippen molar-refractivity contribution < 1.29 is 14.3 Å². The van der Waals surface area contributed by atoms with E-state index in [0.29, 0.717) is 35.8 Å². The Morgan fingerprint density at radius 3 is 2.71 bits per heavy atom. The van der Waals surface area contributed by atoms with Gasteiger partial charge in [0.1, 0.15) is 11.4 Å². The molecule has 9 heteroatoms. The van der Waals surface area contributed by atoms with Crippen molar-refractivity contribution in [2.45, 2.75) is 13.3 Å². The van der Waals surface area contributed by atoms with Crippen molar-refractivity contribution in [2.24, 2.45) is 5.73 Å². The standard InChI is InChI=1S/C15H18N4O3S.ClH/c1-9(20)17-11-7-10(3-4-13(11)22-2)18-15(21)12-8-23-14(19-12)5-6-16;/h3-4,7-8H,5-6,16H2,1-2H3,(H,17,20)(H,18,21);1H. The second-order valence-electron chi connectivity index (χ2n) is 4.72. The number of hydrogen-bond acceptors (Lipinski definition) is 6. The Balaban J connectivity index is 0.00000288. The molecule has 7 nitrogen and oxygen atoms in total. The van der Waals surface area contributed by atoms with Gasteiger partial charge in [-0.25, -0.2) is 4.98 Å². The number of nitrogens with one attached hydrogen (secondary N) is 2. The summed E-state index contributed by atoms with van der Waals surface area (Å²) in [6, 6.07) is 4.99. The normalized spacial score (nSPS) is 9.79. The quantitative estimate of drug-likeness (QED) is 0.723. The lowest BCUT2D eigenvalue weighted by atomic mass is 10.2. The summed E-state index contributed by atoms with van der Waals surface area (Å²) in [5.41, 5.74) is 6.84. The Morgan fingerprint density at radius 1 is 1.33 bits per heavy atom. The van der Waals surface area contributed by atoms with E-state index in [-0.39, 0.29) is 24.2 Å². The van der Waals surface area contributed by atoms with Gasteiger partial charge in [-0.05, 0) is 24.7 Å². The fourth-order valence-electron chi connectivity index (χ4n) is 1.92. The Morgan fingerprint density at radius 2 is 2.08 bits per heavy atom. The summed E-state index contributed by atoms with van der Waals surface area (Å²) in [4.78, 5) is 27.7. The van der Waals surface area contributed by atoms with Crippen LogP contribution in [0.2, 0.25) is 0 Å². The highest BCUT2D eigenvalue weighted by atomic mass is 35.5. The van der Waals surface area contributed by atoms with Crippen LogP contribution >= 0.6 is 23.7 Å². The zero-order chi connectivity index (χ0) is 16.8. The van der Waals surface area contributed by atoms with E-state index in [1.54, 1.807) is 23.6 Å². The first-order valence-electron chi connectivity index (χ1n) is 6.95. The lowest BCUT2D eigenvalue weighted by Crippen LogP contribution is -2.13. The fourth-order valence-corrected chi connectivity index (χ4v) is 2.72. The SMILES string of the molecule is COc1ccc(NC(=O)c2csc(CCN)n2)cc1NC(C)=O.Cl. The average molecular weight is 371 g/mol. The van der Waals surface area contributed by atoms with Crippen molar-refractivity contribution in [3.8, 4) is 5.75 Å². The topological polar surface area (TPSA) is 106 Å². The number of carbonyl (C=O) groups is 2. The second-order valence-corrected chi connectivity index (χ2v) is 5.66. The molecule has 0 saturated carbocycles. The maximum atomic E-state index is 12.2. The predicted octanol–water partition coefficient (Wildman–Crippen LogP) is 2.29. The van der Waals surface area contributed by atoms with Gasteiger partial charge >= 0.3 is 0 Å². The number of hydrogen-bond donors (Lipinski definition) is 3. The molecule has 130 valence electrons. The number of nitrogens with zero attached hydrogens (tertiary/aromatic N) is 1. The van der Waals surface area contributed by atoms with Crippen LogP contribution in [0.3, 0.4) is 0 Å². The van der Waals surface area contributed by atoms with Gasteiger partial charge in [-0.2, -0.15) is 0 Å². The van der Waals surface area contributed by atoms with Crippen molar-refractivity contribution in [3.63, 3.8) is 0 Å². The molecule has 0 spiro atoms. The summed E-state index contributed by atoms with van der Waals surface area (Å²) < 4.78 is 5.17. The summed E-state index contributed by atoms with van der Waals surface area (Å²) >= 11 is 1.40. The van der Waals surface area contributed by atoms with E-state index < -0.39 is 0 Å². The second kappa shape index (κ2) is 9.21. The number of methoxy groups -OCH3 is 1. The van der Waals surface area contributed by atoms with Gasteiger partial charge in [-0.1, -0.05) is 0 Å². The maximum Gasteiger partial charge on any atom is 0.275 e. The monoisotopic (exact) mass is 370 g/mol. The number of ether oxygens (including phenoxy) is 1. The van der Waals surface area contributed by atoms with Crippen molar-refractivity contribution in [1.29, 1.82) is 0 Å². The first kappa shape index (κ1) is 19.9. The van der Waals surface area contributed by atoms with E-state index in [1.807, 2.05) is 0 Å². The predicted molar refractivity (Wildman–Crippen MR) is 97.4 cm³/mol. The van der Waals surface area contributed by atoms with E-state index in [1.165, 1.54) is 25.4 Å². The van der Waals surface area contributed by atoms with E-state index in [9.17, 15) is 9.59 Å². The molecule has 0 bridgehead atoms. The lowest BCUT2D eigenvalue weighted by molar-refractivity contribution is -0.114. The molecule has 0 aliphatic rings. The summed E-state index contributed by atoms with van der Waals surface area (Å²) in [7, 11) is 1.51. The minimum absolute atomic E-state index is 0. The number of benzene rings is 1. The number of halogens is 1. The number of aromatic nitrogens is 1. The molecule has 1 aromatic heterocycles. The van der Waals surface area contributed by atoms with Gasteiger partial charge in [-0.3, -0.25) is 9.59 Å². The van der Waals surface area contributed by atoms with Gasteiger partial charge in [0.25, 0.3) is 5.91 Å². The zero-order valence-corrected chi connectivity index (χ0v) is 14.9. The van der Waals surface area contributed by atoms with Crippen LogP contribution in [0.1, 0.15) is 22.4 Å². The van der Waals surface area contributed by atoms with Gasteiger partial charge in [0, 0.05) is 24.4 Å². The Hall–Kier alpha value is -2.16. The molecule has 0 fully saturated rings. The molecular formula is C15H19ClN4O3S. The van der Waals surface area contributed by atoms with Gasteiger partial charge in [0.15, 0.2) is 0 Å². The molecule has 2 rings (SSSR count). The lowest BCUT2D eigenvalue weighted by Gasteiger charge is -2.11. The minimum Gasteiger partial charge on any atom is -0.495 e. The molecule has 4 N–H and O–H groups in total. The number of anilines is 2. The van der Waals surface area contributed by atoms with Crippen LogP contribution in [0.4, 0.5) is 11.4 Å². The molecule has 24 heavy (non-hydrogen) atoms. The molecule has 0 saturated heterocycles. The van der Waals surface area contributed by atoms with Gasteiger partial charge in [-0.15, -0.1) is 23.7 Å². The molecular weight excluding hydrogens is 352 g/mol. The third kappa shape index (κ3) is 5.19. The number of carbonyl (C=O) groups excluding carboxylic acids is 2. The zero-order valence-electron chi connectivity index (χ0n) is 13.3. The van der Waals surface area contributed by atoms with Crippen LogP contribution in [0.25, 0.3) is 0 Å². The molecule has 0 unspecified atom stereocenters. The van der Waals surface area contributed by atoms with Crippen molar-refractivity contribution in [3.05, 3.63) is 34.3 Å². The first-order valence-corrected chi connectivity index (χ1v) is 7.83. The molecule has 2 aromatic rings. The summed E-state index contributed by atoms with van der Waals surface area (Å²) in [5.74, 6) is -0.0294. The van der Waals surface area contributed by atoms with Crippen molar-refractivity contribution in [1.82, 2.24) is 4.98 Å². The fraction of sp³-hybridized carbons (Fsp3) is 0.267. The Labute approximate surface area is 150 Å². The van der Waals surface area contributed by atoms with Gasteiger partial charge in [0.05, 0.1) is 17.8 Å². The highest BCUT2D eigenvalue weighted by Crippen LogP contribution is 2.28. The molecule has 1 aromatic carbocycles. The van der Waals surface area contributed by atoms with Crippen molar-refractivity contribution >= 4 is 46.9 Å². The third-order valence-corrected chi connectivity index (χ3v) is 3.82. The van der Waals surface area contributed by atoms with Gasteiger partial charge < -0.3 is 21.1 Å². The minimum atomic E-state index is -0.316. The van der Waals surface area contributed by atoms with E-state index in [4.69, 9.17) is 10.5 Å². The van der Waals surface area contributed by atoms with E-state index >= 15 is 0 Å². The van der Waals surface area contributed by atoms with Crippen LogP contribution in [0, 0.1) is 0 Å². The molecule has 0 aliphatic carbocycles. The molecule has 1 heterocycles.